The molecule has 18 heavy (non-hydrogen) atoms. The Hall–Kier alpha value is -1.30. The first kappa shape index (κ1) is 14.8. The molecule has 1 aliphatic rings. The molecule has 0 aromatic carbocycles. The number of likely N-dealkylation sites (tertiary alicyclic amines) is 1. The number of rotatable bonds is 2. The Labute approximate surface area is 107 Å². The van der Waals surface area contributed by atoms with Gasteiger partial charge >= 0.3 is 12.1 Å². The molecule has 0 saturated carbocycles. The van der Waals surface area contributed by atoms with E-state index < -0.39 is 11.7 Å². The quantitative estimate of drug-likeness (QED) is 0.744. The summed E-state index contributed by atoms with van der Waals surface area (Å²) in [7, 11) is 1.33. The van der Waals surface area contributed by atoms with Crippen molar-refractivity contribution in [2.45, 2.75) is 51.3 Å². The monoisotopic (exact) mass is 258 g/mol. The van der Waals surface area contributed by atoms with Crippen LogP contribution in [0.3, 0.4) is 0 Å². The second-order valence-electron chi connectivity index (χ2n) is 5.56. The lowest BCUT2D eigenvalue weighted by Gasteiger charge is -2.28. The van der Waals surface area contributed by atoms with Crippen molar-refractivity contribution >= 4 is 12.1 Å². The zero-order valence-electron chi connectivity index (χ0n) is 11.4. The van der Waals surface area contributed by atoms with Crippen LogP contribution in [0.4, 0.5) is 4.79 Å². The zero-order valence-corrected chi connectivity index (χ0v) is 11.4. The Morgan fingerprint density at radius 2 is 2.00 bits per heavy atom. The van der Waals surface area contributed by atoms with Gasteiger partial charge in [-0.2, -0.15) is 0 Å². The second kappa shape index (κ2) is 5.56. The standard InChI is InChI=1S/C12H22N2O4/c1-12(2,3)18-11(16)14-7-8(13)5-9(14)6-10(15)17-4/h8-9H,5-7,13H2,1-4H3/t8-,9+/m0/s1. The van der Waals surface area contributed by atoms with Gasteiger partial charge in [-0.15, -0.1) is 0 Å². The van der Waals surface area contributed by atoms with E-state index in [1.165, 1.54) is 12.0 Å². The van der Waals surface area contributed by atoms with Crippen molar-refractivity contribution in [1.82, 2.24) is 4.90 Å². The molecule has 0 unspecified atom stereocenters. The maximum absolute atomic E-state index is 12.0. The average Bonchev–Trinajstić information content (AvgIpc) is 2.56. The second-order valence-corrected chi connectivity index (χ2v) is 5.56. The highest BCUT2D eigenvalue weighted by Crippen LogP contribution is 2.22. The van der Waals surface area contributed by atoms with E-state index in [0.29, 0.717) is 13.0 Å². The van der Waals surface area contributed by atoms with E-state index in [4.69, 9.17) is 10.5 Å². The molecule has 1 rings (SSSR count). The van der Waals surface area contributed by atoms with Crippen LogP contribution in [-0.4, -0.2) is 48.3 Å². The Morgan fingerprint density at radius 1 is 1.39 bits per heavy atom. The van der Waals surface area contributed by atoms with Gasteiger partial charge in [-0.25, -0.2) is 4.79 Å². The highest BCUT2D eigenvalue weighted by atomic mass is 16.6. The molecule has 6 nitrogen and oxygen atoms in total. The Morgan fingerprint density at radius 3 is 2.50 bits per heavy atom. The van der Waals surface area contributed by atoms with Crippen LogP contribution in [0.2, 0.25) is 0 Å². The molecular weight excluding hydrogens is 236 g/mol. The van der Waals surface area contributed by atoms with Gasteiger partial charge in [-0.1, -0.05) is 0 Å². The summed E-state index contributed by atoms with van der Waals surface area (Å²) in [5, 5.41) is 0. The Balaban J connectivity index is 2.66. The molecule has 2 atom stereocenters. The van der Waals surface area contributed by atoms with Crippen LogP contribution in [0.25, 0.3) is 0 Å². The third kappa shape index (κ3) is 4.18. The van der Waals surface area contributed by atoms with Crippen LogP contribution >= 0.6 is 0 Å². The van der Waals surface area contributed by atoms with Crippen LogP contribution < -0.4 is 5.73 Å². The molecule has 0 radical (unpaired) electrons. The van der Waals surface area contributed by atoms with Crippen molar-refractivity contribution in [3.8, 4) is 0 Å². The number of carbonyl (C=O) groups is 2. The highest BCUT2D eigenvalue weighted by Gasteiger charge is 2.37. The fraction of sp³-hybridized carbons (Fsp3) is 0.833. The van der Waals surface area contributed by atoms with Gasteiger partial charge in [0.25, 0.3) is 0 Å². The van der Waals surface area contributed by atoms with E-state index in [1.54, 1.807) is 20.8 Å². The molecular formula is C12H22N2O4. The molecule has 0 aliphatic carbocycles. The van der Waals surface area contributed by atoms with Gasteiger partial charge in [-0.05, 0) is 27.2 Å². The fourth-order valence-electron chi connectivity index (χ4n) is 1.97. The van der Waals surface area contributed by atoms with Gasteiger partial charge in [0.2, 0.25) is 0 Å². The summed E-state index contributed by atoms with van der Waals surface area (Å²) in [6.45, 7) is 5.82. The fourth-order valence-corrected chi connectivity index (χ4v) is 1.97. The van der Waals surface area contributed by atoms with E-state index >= 15 is 0 Å². The molecule has 104 valence electrons. The number of nitrogens with zero attached hydrogens (tertiary/aromatic N) is 1. The van der Waals surface area contributed by atoms with Crippen LogP contribution in [0.1, 0.15) is 33.6 Å². The molecule has 2 N–H and O–H groups in total. The largest absolute Gasteiger partial charge is 0.469 e. The molecule has 6 heteroatoms. The lowest BCUT2D eigenvalue weighted by molar-refractivity contribution is -0.141. The van der Waals surface area contributed by atoms with Gasteiger partial charge in [0.1, 0.15) is 5.60 Å². The summed E-state index contributed by atoms with van der Waals surface area (Å²) in [5.74, 6) is -0.345. The molecule has 0 spiro atoms. The van der Waals surface area contributed by atoms with Crippen molar-refractivity contribution in [2.75, 3.05) is 13.7 Å². The summed E-state index contributed by atoms with van der Waals surface area (Å²) in [5.41, 5.74) is 5.28. The number of methoxy groups -OCH3 is 1. The van der Waals surface area contributed by atoms with Crippen LogP contribution in [-0.2, 0) is 14.3 Å². The number of nitrogens with two attached hydrogens (primary N) is 1. The first-order valence-electron chi connectivity index (χ1n) is 6.05. The smallest absolute Gasteiger partial charge is 0.410 e. The van der Waals surface area contributed by atoms with Gasteiger partial charge in [0.15, 0.2) is 0 Å². The highest BCUT2D eigenvalue weighted by molar-refractivity contribution is 5.73. The third-order valence-electron chi connectivity index (χ3n) is 2.70. The van der Waals surface area contributed by atoms with Crippen LogP contribution in [0.15, 0.2) is 0 Å². The lowest BCUT2D eigenvalue weighted by atomic mass is 10.1. The molecule has 1 amide bonds. The number of hydrogen-bond donors (Lipinski definition) is 1. The summed E-state index contributed by atoms with van der Waals surface area (Å²) < 4.78 is 9.91. The minimum atomic E-state index is -0.556. The topological polar surface area (TPSA) is 81.9 Å². The van der Waals surface area contributed by atoms with Crippen molar-refractivity contribution < 1.29 is 19.1 Å². The predicted molar refractivity (Wildman–Crippen MR) is 66.0 cm³/mol. The Kier molecular flexibility index (Phi) is 4.56. The molecule has 0 aromatic heterocycles. The first-order valence-corrected chi connectivity index (χ1v) is 6.05. The third-order valence-corrected chi connectivity index (χ3v) is 2.70. The van der Waals surface area contributed by atoms with E-state index in [2.05, 4.69) is 4.74 Å². The normalized spacial score (nSPS) is 23.9. The molecule has 0 aromatic rings. The summed E-state index contributed by atoms with van der Waals surface area (Å²) in [6, 6.07) is -0.352. The number of ether oxygens (including phenoxy) is 2. The number of carbonyl (C=O) groups excluding carboxylic acids is 2. The van der Waals surface area contributed by atoms with Crippen LogP contribution in [0, 0.1) is 0 Å². The Bertz CT molecular complexity index is 325. The van der Waals surface area contributed by atoms with E-state index in [-0.39, 0.29) is 24.5 Å². The number of hydrogen-bond acceptors (Lipinski definition) is 5. The van der Waals surface area contributed by atoms with Crippen molar-refractivity contribution in [3.05, 3.63) is 0 Å². The summed E-state index contributed by atoms with van der Waals surface area (Å²) in [6.07, 6.45) is 0.321. The SMILES string of the molecule is COC(=O)C[C@H]1C[C@H](N)CN1C(=O)OC(C)(C)C. The maximum atomic E-state index is 12.0. The first-order chi connectivity index (χ1) is 8.23. The van der Waals surface area contributed by atoms with Gasteiger partial charge in [-0.3, -0.25) is 4.79 Å². The van der Waals surface area contributed by atoms with Gasteiger partial charge in [0, 0.05) is 18.6 Å². The van der Waals surface area contributed by atoms with Gasteiger partial charge < -0.3 is 20.1 Å². The predicted octanol–water partition coefficient (Wildman–Crippen LogP) is 0.886. The zero-order chi connectivity index (χ0) is 13.9. The average molecular weight is 258 g/mol. The van der Waals surface area contributed by atoms with Crippen molar-refractivity contribution in [1.29, 1.82) is 0 Å². The van der Waals surface area contributed by atoms with Crippen molar-refractivity contribution in [2.24, 2.45) is 5.73 Å². The molecule has 0 bridgehead atoms. The molecule has 1 heterocycles. The minimum Gasteiger partial charge on any atom is -0.469 e. The lowest BCUT2D eigenvalue weighted by Crippen LogP contribution is -2.41. The maximum Gasteiger partial charge on any atom is 0.410 e. The van der Waals surface area contributed by atoms with Gasteiger partial charge in [0.05, 0.1) is 13.5 Å². The van der Waals surface area contributed by atoms with E-state index in [1.807, 2.05) is 0 Å². The number of esters is 1. The van der Waals surface area contributed by atoms with E-state index in [0.717, 1.165) is 0 Å². The summed E-state index contributed by atoms with van der Waals surface area (Å²) >= 11 is 0. The molecule has 1 aliphatic heterocycles. The minimum absolute atomic E-state index is 0.118. The number of amides is 1. The van der Waals surface area contributed by atoms with Crippen molar-refractivity contribution in [3.63, 3.8) is 0 Å². The van der Waals surface area contributed by atoms with Crippen LogP contribution in [0.5, 0.6) is 0 Å². The molecule has 1 fully saturated rings. The van der Waals surface area contributed by atoms with E-state index in [9.17, 15) is 9.59 Å². The molecule has 1 saturated heterocycles. The summed E-state index contributed by atoms with van der Waals surface area (Å²) in [4.78, 5) is 24.8.